The second-order valence-electron chi connectivity index (χ2n) is 4.50. The molecule has 0 radical (unpaired) electrons. The van der Waals surface area contributed by atoms with Gasteiger partial charge in [-0.2, -0.15) is 0 Å². The third-order valence-corrected chi connectivity index (χ3v) is 3.25. The number of carboxylic acids is 1. The lowest BCUT2D eigenvalue weighted by atomic mass is 9.92. The fourth-order valence-corrected chi connectivity index (χ4v) is 2.00. The molecule has 1 atom stereocenters. The first-order valence-electron chi connectivity index (χ1n) is 5.39. The molecule has 1 fully saturated rings. The van der Waals surface area contributed by atoms with Crippen LogP contribution in [0.25, 0.3) is 0 Å². The van der Waals surface area contributed by atoms with E-state index in [1.165, 1.54) is 11.1 Å². The van der Waals surface area contributed by atoms with Crippen LogP contribution in [-0.4, -0.2) is 11.1 Å². The summed E-state index contributed by atoms with van der Waals surface area (Å²) in [6.07, 6.45) is 2.12. The van der Waals surface area contributed by atoms with E-state index in [4.69, 9.17) is 0 Å². The molecule has 0 bridgehead atoms. The Labute approximate surface area is 89.9 Å². The largest absolute Gasteiger partial charge is 0.481 e. The Morgan fingerprint density at radius 3 is 2.47 bits per heavy atom. The van der Waals surface area contributed by atoms with Crippen molar-refractivity contribution in [2.45, 2.75) is 32.6 Å². The maximum absolute atomic E-state index is 11.2. The highest BCUT2D eigenvalue weighted by molar-refractivity contribution is 5.77. The minimum absolute atomic E-state index is 0.288. The van der Waals surface area contributed by atoms with Crippen molar-refractivity contribution in [2.24, 2.45) is 5.92 Å². The van der Waals surface area contributed by atoms with Crippen LogP contribution in [-0.2, 0) is 4.79 Å². The quantitative estimate of drug-likeness (QED) is 0.822. The second-order valence-corrected chi connectivity index (χ2v) is 4.50. The van der Waals surface area contributed by atoms with Gasteiger partial charge < -0.3 is 5.11 Å². The molecule has 2 rings (SSSR count). The average molecular weight is 204 g/mol. The monoisotopic (exact) mass is 204 g/mol. The molecule has 0 amide bonds. The Bertz CT molecular complexity index is 392. The lowest BCUT2D eigenvalue weighted by molar-refractivity contribution is -0.139. The first kappa shape index (κ1) is 10.2. The standard InChI is InChI=1S/C13H16O2/c1-8-3-4-11(7-9(8)2)12(13(14)15)10-5-6-10/h3-4,7,10,12H,5-6H2,1-2H3,(H,14,15). The molecule has 1 aromatic carbocycles. The van der Waals surface area contributed by atoms with Crippen LogP contribution in [0.5, 0.6) is 0 Å². The molecule has 0 saturated heterocycles. The van der Waals surface area contributed by atoms with Crippen LogP contribution in [0.15, 0.2) is 18.2 Å². The van der Waals surface area contributed by atoms with Gasteiger partial charge in [0.25, 0.3) is 0 Å². The van der Waals surface area contributed by atoms with Crippen LogP contribution in [0.3, 0.4) is 0 Å². The summed E-state index contributed by atoms with van der Waals surface area (Å²) in [5.74, 6) is -0.602. The molecule has 1 saturated carbocycles. The minimum atomic E-state index is -0.680. The van der Waals surface area contributed by atoms with E-state index < -0.39 is 5.97 Å². The molecule has 0 aromatic heterocycles. The summed E-state index contributed by atoms with van der Waals surface area (Å²) in [6.45, 7) is 4.08. The molecule has 0 spiro atoms. The molecule has 1 aliphatic carbocycles. The molecule has 2 heteroatoms. The molecule has 1 aliphatic rings. The summed E-state index contributed by atoms with van der Waals surface area (Å²) < 4.78 is 0. The summed E-state index contributed by atoms with van der Waals surface area (Å²) >= 11 is 0. The molecular weight excluding hydrogens is 188 g/mol. The Morgan fingerprint density at radius 1 is 1.33 bits per heavy atom. The zero-order chi connectivity index (χ0) is 11.0. The number of hydrogen-bond donors (Lipinski definition) is 1. The van der Waals surface area contributed by atoms with Gasteiger partial charge in [0.15, 0.2) is 0 Å². The van der Waals surface area contributed by atoms with Crippen LogP contribution in [0.4, 0.5) is 0 Å². The molecule has 1 N–H and O–H groups in total. The molecule has 0 aliphatic heterocycles. The van der Waals surface area contributed by atoms with E-state index in [2.05, 4.69) is 0 Å². The number of aliphatic carboxylic acids is 1. The van der Waals surface area contributed by atoms with Crippen molar-refractivity contribution in [1.82, 2.24) is 0 Å². The van der Waals surface area contributed by atoms with Crippen LogP contribution in [0.1, 0.15) is 35.4 Å². The van der Waals surface area contributed by atoms with Crippen LogP contribution in [0.2, 0.25) is 0 Å². The highest BCUT2D eigenvalue weighted by Crippen LogP contribution is 2.43. The van der Waals surface area contributed by atoms with Gasteiger partial charge in [-0.25, -0.2) is 0 Å². The molecule has 0 heterocycles. The van der Waals surface area contributed by atoms with E-state index in [1.807, 2.05) is 32.0 Å². The third kappa shape index (κ3) is 2.04. The molecule has 2 nitrogen and oxygen atoms in total. The van der Waals surface area contributed by atoms with Gasteiger partial charge in [-0.15, -0.1) is 0 Å². The molecule has 1 aromatic rings. The minimum Gasteiger partial charge on any atom is -0.481 e. The van der Waals surface area contributed by atoms with Gasteiger partial charge >= 0.3 is 5.97 Å². The SMILES string of the molecule is Cc1ccc(C(C(=O)O)C2CC2)cc1C. The molecule has 80 valence electrons. The summed E-state index contributed by atoms with van der Waals surface area (Å²) in [5.41, 5.74) is 3.37. The molecule has 15 heavy (non-hydrogen) atoms. The Balaban J connectivity index is 2.33. The van der Waals surface area contributed by atoms with Crippen molar-refractivity contribution in [3.63, 3.8) is 0 Å². The van der Waals surface area contributed by atoms with Gasteiger partial charge in [0.1, 0.15) is 0 Å². The number of aryl methyl sites for hydroxylation is 2. The highest BCUT2D eigenvalue weighted by Gasteiger charge is 2.37. The van der Waals surface area contributed by atoms with Gasteiger partial charge in [-0.05, 0) is 49.3 Å². The first-order valence-corrected chi connectivity index (χ1v) is 5.39. The van der Waals surface area contributed by atoms with Crippen LogP contribution < -0.4 is 0 Å². The molecule has 1 unspecified atom stereocenters. The normalized spacial score (nSPS) is 17.5. The number of carbonyl (C=O) groups is 1. The average Bonchev–Trinajstić information content (AvgIpc) is 2.95. The third-order valence-electron chi connectivity index (χ3n) is 3.25. The van der Waals surface area contributed by atoms with E-state index in [9.17, 15) is 9.90 Å². The van der Waals surface area contributed by atoms with E-state index in [-0.39, 0.29) is 5.92 Å². The van der Waals surface area contributed by atoms with Gasteiger partial charge in [0, 0.05) is 0 Å². The van der Waals surface area contributed by atoms with Gasteiger partial charge in [-0.3, -0.25) is 4.79 Å². The Hall–Kier alpha value is -1.31. The lowest BCUT2D eigenvalue weighted by Gasteiger charge is -2.13. The van der Waals surface area contributed by atoms with Crippen molar-refractivity contribution in [1.29, 1.82) is 0 Å². The summed E-state index contributed by atoms with van der Waals surface area (Å²) in [5, 5.41) is 9.20. The maximum Gasteiger partial charge on any atom is 0.311 e. The van der Waals surface area contributed by atoms with Crippen molar-refractivity contribution in [3.05, 3.63) is 34.9 Å². The van der Waals surface area contributed by atoms with Crippen molar-refractivity contribution >= 4 is 5.97 Å². The summed E-state index contributed by atoms with van der Waals surface area (Å²) in [6, 6.07) is 5.99. The van der Waals surface area contributed by atoms with Gasteiger partial charge in [-0.1, -0.05) is 18.2 Å². The maximum atomic E-state index is 11.2. The van der Waals surface area contributed by atoms with Gasteiger partial charge in [0.05, 0.1) is 5.92 Å². The van der Waals surface area contributed by atoms with Crippen LogP contribution >= 0.6 is 0 Å². The predicted molar refractivity (Wildman–Crippen MR) is 59.0 cm³/mol. The number of hydrogen-bond acceptors (Lipinski definition) is 1. The predicted octanol–water partition coefficient (Wildman–Crippen LogP) is 2.88. The molecular formula is C13H16O2. The first-order chi connectivity index (χ1) is 7.09. The summed E-state index contributed by atoms with van der Waals surface area (Å²) in [7, 11) is 0. The zero-order valence-corrected chi connectivity index (χ0v) is 9.16. The van der Waals surface area contributed by atoms with E-state index >= 15 is 0 Å². The van der Waals surface area contributed by atoms with E-state index in [0.717, 1.165) is 18.4 Å². The lowest BCUT2D eigenvalue weighted by Crippen LogP contribution is -2.13. The van der Waals surface area contributed by atoms with E-state index in [1.54, 1.807) is 0 Å². The second kappa shape index (κ2) is 3.69. The van der Waals surface area contributed by atoms with Crippen molar-refractivity contribution < 1.29 is 9.90 Å². The number of benzene rings is 1. The van der Waals surface area contributed by atoms with Crippen LogP contribution in [0, 0.1) is 19.8 Å². The van der Waals surface area contributed by atoms with E-state index in [0.29, 0.717) is 5.92 Å². The fourth-order valence-electron chi connectivity index (χ4n) is 2.00. The number of rotatable bonds is 3. The fraction of sp³-hybridized carbons (Fsp3) is 0.462. The topological polar surface area (TPSA) is 37.3 Å². The number of carboxylic acid groups (broad SMARTS) is 1. The van der Waals surface area contributed by atoms with Gasteiger partial charge in [0.2, 0.25) is 0 Å². The zero-order valence-electron chi connectivity index (χ0n) is 9.16. The Morgan fingerprint density at radius 2 is 2.00 bits per heavy atom. The highest BCUT2D eigenvalue weighted by atomic mass is 16.4. The van der Waals surface area contributed by atoms with Crippen molar-refractivity contribution in [3.8, 4) is 0 Å². The Kier molecular flexibility index (Phi) is 2.51. The van der Waals surface area contributed by atoms with Crippen molar-refractivity contribution in [2.75, 3.05) is 0 Å². The smallest absolute Gasteiger partial charge is 0.311 e. The summed E-state index contributed by atoms with van der Waals surface area (Å²) in [4.78, 5) is 11.2.